The van der Waals surface area contributed by atoms with E-state index in [0.717, 1.165) is 26.1 Å². The van der Waals surface area contributed by atoms with Gasteiger partial charge in [0.25, 0.3) is 0 Å². The molecule has 0 saturated carbocycles. The lowest BCUT2D eigenvalue weighted by atomic mass is 10.2. The van der Waals surface area contributed by atoms with Gasteiger partial charge in [0, 0.05) is 32.3 Å². The van der Waals surface area contributed by atoms with Gasteiger partial charge in [0.15, 0.2) is 0 Å². The van der Waals surface area contributed by atoms with E-state index in [4.69, 9.17) is 5.11 Å². The summed E-state index contributed by atoms with van der Waals surface area (Å²) < 4.78 is 2.21. The van der Waals surface area contributed by atoms with Gasteiger partial charge < -0.3 is 10.4 Å². The molecule has 0 spiro atoms. The number of aliphatic hydroxyl groups is 1. The Morgan fingerprint density at radius 1 is 1.70 bits per heavy atom. The maximum atomic E-state index is 8.64. The van der Waals surface area contributed by atoms with E-state index < -0.39 is 0 Å². The lowest BCUT2D eigenvalue weighted by Crippen LogP contribution is -2.47. The molecule has 2 unspecified atom stereocenters. The SMILES string of the molecule is OCCC1CN(P)CCN1. The van der Waals surface area contributed by atoms with E-state index in [0.29, 0.717) is 6.04 Å². The molecule has 60 valence electrons. The highest BCUT2D eigenvalue weighted by molar-refractivity contribution is 7.13. The van der Waals surface area contributed by atoms with Crippen LogP contribution in [0.3, 0.4) is 0 Å². The van der Waals surface area contributed by atoms with Crippen molar-refractivity contribution in [3.63, 3.8) is 0 Å². The first kappa shape index (κ1) is 8.41. The van der Waals surface area contributed by atoms with Gasteiger partial charge in [-0.3, -0.25) is 4.67 Å². The lowest BCUT2D eigenvalue weighted by molar-refractivity contribution is 0.233. The normalized spacial score (nSPS) is 28.8. The van der Waals surface area contributed by atoms with E-state index in [1.807, 2.05) is 0 Å². The van der Waals surface area contributed by atoms with E-state index >= 15 is 0 Å². The van der Waals surface area contributed by atoms with Crippen molar-refractivity contribution in [3.05, 3.63) is 0 Å². The number of rotatable bonds is 2. The molecule has 0 bridgehead atoms. The summed E-state index contributed by atoms with van der Waals surface area (Å²) >= 11 is 0. The van der Waals surface area contributed by atoms with Crippen LogP contribution in [0.15, 0.2) is 0 Å². The second-order valence-electron chi connectivity index (χ2n) is 2.66. The molecule has 1 rings (SSSR count). The molecule has 0 radical (unpaired) electrons. The Balaban J connectivity index is 2.18. The van der Waals surface area contributed by atoms with Crippen molar-refractivity contribution >= 4 is 9.39 Å². The Morgan fingerprint density at radius 2 is 2.50 bits per heavy atom. The predicted octanol–water partition coefficient (Wildman–Crippen LogP) is -0.567. The van der Waals surface area contributed by atoms with Crippen molar-refractivity contribution in [2.24, 2.45) is 0 Å². The molecule has 1 aliphatic rings. The van der Waals surface area contributed by atoms with Crippen LogP contribution in [0.4, 0.5) is 0 Å². The van der Waals surface area contributed by atoms with Crippen LogP contribution in [-0.2, 0) is 0 Å². The molecule has 2 N–H and O–H groups in total. The number of hydrogen-bond acceptors (Lipinski definition) is 3. The first-order valence-corrected chi connectivity index (χ1v) is 4.18. The van der Waals surface area contributed by atoms with E-state index in [9.17, 15) is 0 Å². The predicted molar refractivity (Wildman–Crippen MR) is 44.8 cm³/mol. The molecule has 0 aliphatic carbocycles. The Labute approximate surface area is 64.0 Å². The third-order valence-electron chi connectivity index (χ3n) is 1.76. The van der Waals surface area contributed by atoms with E-state index in [1.54, 1.807) is 0 Å². The van der Waals surface area contributed by atoms with Crippen molar-refractivity contribution in [1.29, 1.82) is 0 Å². The minimum Gasteiger partial charge on any atom is -0.396 e. The van der Waals surface area contributed by atoms with Gasteiger partial charge in [-0.1, -0.05) is 9.39 Å². The number of piperazine rings is 1. The van der Waals surface area contributed by atoms with Gasteiger partial charge in [-0.25, -0.2) is 0 Å². The van der Waals surface area contributed by atoms with Crippen LogP contribution in [-0.4, -0.2) is 42.1 Å². The second-order valence-corrected chi connectivity index (χ2v) is 3.39. The first-order chi connectivity index (χ1) is 4.83. The van der Waals surface area contributed by atoms with Gasteiger partial charge in [0.1, 0.15) is 0 Å². The average molecular weight is 162 g/mol. The maximum absolute atomic E-state index is 8.64. The number of nitrogens with zero attached hydrogens (tertiary/aromatic N) is 1. The summed E-state index contributed by atoms with van der Waals surface area (Å²) in [7, 11) is 2.69. The summed E-state index contributed by atoms with van der Waals surface area (Å²) in [6.07, 6.45) is 0.866. The molecular formula is C6H15N2OP. The summed E-state index contributed by atoms with van der Waals surface area (Å²) in [5.41, 5.74) is 0. The highest BCUT2D eigenvalue weighted by atomic mass is 31.0. The Bertz CT molecular complexity index is 99.7. The second kappa shape index (κ2) is 4.24. The summed E-state index contributed by atoms with van der Waals surface area (Å²) in [4.78, 5) is 0. The number of hydrogen-bond donors (Lipinski definition) is 2. The van der Waals surface area contributed by atoms with E-state index in [2.05, 4.69) is 19.4 Å². The fraction of sp³-hybridized carbons (Fsp3) is 1.00. The third kappa shape index (κ3) is 2.51. The lowest BCUT2D eigenvalue weighted by Gasteiger charge is -2.30. The Kier molecular flexibility index (Phi) is 3.57. The van der Waals surface area contributed by atoms with Crippen molar-refractivity contribution in [3.8, 4) is 0 Å². The van der Waals surface area contributed by atoms with Crippen LogP contribution >= 0.6 is 9.39 Å². The number of aliphatic hydroxyl groups excluding tert-OH is 1. The van der Waals surface area contributed by atoms with Gasteiger partial charge in [0.05, 0.1) is 0 Å². The van der Waals surface area contributed by atoms with E-state index in [1.165, 1.54) is 0 Å². The molecule has 10 heavy (non-hydrogen) atoms. The summed E-state index contributed by atoms with van der Waals surface area (Å²) in [6, 6.07) is 0.483. The zero-order valence-corrected chi connectivity index (χ0v) is 7.24. The quantitative estimate of drug-likeness (QED) is 0.534. The maximum Gasteiger partial charge on any atom is 0.0446 e. The summed E-state index contributed by atoms with van der Waals surface area (Å²) in [5, 5.41) is 12.0. The van der Waals surface area contributed by atoms with Crippen LogP contribution in [0.2, 0.25) is 0 Å². The zero-order chi connectivity index (χ0) is 7.40. The largest absolute Gasteiger partial charge is 0.396 e. The summed E-state index contributed by atoms with van der Waals surface area (Å²) in [6.45, 7) is 3.45. The zero-order valence-electron chi connectivity index (χ0n) is 6.08. The van der Waals surface area contributed by atoms with Crippen LogP contribution in [0.5, 0.6) is 0 Å². The molecule has 2 atom stereocenters. The molecule has 4 heteroatoms. The van der Waals surface area contributed by atoms with Gasteiger partial charge in [-0.15, -0.1) is 0 Å². The Hall–Kier alpha value is 0.310. The van der Waals surface area contributed by atoms with Crippen molar-refractivity contribution in [1.82, 2.24) is 9.99 Å². The van der Waals surface area contributed by atoms with Crippen molar-refractivity contribution < 1.29 is 5.11 Å². The van der Waals surface area contributed by atoms with Gasteiger partial charge in [0.2, 0.25) is 0 Å². The molecule has 0 aromatic carbocycles. The monoisotopic (exact) mass is 162 g/mol. The highest BCUT2D eigenvalue weighted by Gasteiger charge is 2.14. The smallest absolute Gasteiger partial charge is 0.0446 e. The van der Waals surface area contributed by atoms with Gasteiger partial charge in [-0.2, -0.15) is 0 Å². The fourth-order valence-electron chi connectivity index (χ4n) is 1.20. The van der Waals surface area contributed by atoms with Gasteiger partial charge >= 0.3 is 0 Å². The number of nitrogens with one attached hydrogen (secondary N) is 1. The molecule has 1 heterocycles. The Morgan fingerprint density at radius 3 is 3.10 bits per heavy atom. The van der Waals surface area contributed by atoms with Crippen LogP contribution in [0.1, 0.15) is 6.42 Å². The molecule has 0 amide bonds. The molecule has 0 aromatic rings. The van der Waals surface area contributed by atoms with Crippen LogP contribution in [0, 0.1) is 0 Å². The first-order valence-electron chi connectivity index (χ1n) is 3.67. The summed E-state index contributed by atoms with van der Waals surface area (Å²) in [5.74, 6) is 0. The molecule has 0 aromatic heterocycles. The minimum atomic E-state index is 0.288. The van der Waals surface area contributed by atoms with Crippen LogP contribution in [0.25, 0.3) is 0 Å². The third-order valence-corrected chi connectivity index (χ3v) is 2.23. The van der Waals surface area contributed by atoms with Crippen molar-refractivity contribution in [2.45, 2.75) is 12.5 Å². The average Bonchev–Trinajstić information content (AvgIpc) is 1.88. The standard InChI is InChI=1S/C6H15N2OP/c9-4-1-6-5-8(10)3-2-7-6/h6-7,9H,1-5,10H2. The fourth-order valence-corrected chi connectivity index (χ4v) is 1.58. The van der Waals surface area contributed by atoms with E-state index in [-0.39, 0.29) is 6.61 Å². The van der Waals surface area contributed by atoms with Crippen LogP contribution < -0.4 is 5.32 Å². The molecule has 1 saturated heterocycles. The minimum absolute atomic E-state index is 0.288. The molecule has 3 nitrogen and oxygen atoms in total. The highest BCUT2D eigenvalue weighted by Crippen LogP contribution is 2.05. The molecule has 1 aliphatic heterocycles. The molecular weight excluding hydrogens is 147 g/mol. The van der Waals surface area contributed by atoms with Gasteiger partial charge in [-0.05, 0) is 6.42 Å². The van der Waals surface area contributed by atoms with Crippen molar-refractivity contribution in [2.75, 3.05) is 26.2 Å². The topological polar surface area (TPSA) is 35.5 Å². The molecule has 1 fully saturated rings.